The average Bonchev–Trinajstić information content (AvgIpc) is 2.34. The molecule has 1 fully saturated rings. The van der Waals surface area contributed by atoms with Crippen LogP contribution in [0, 0.1) is 0 Å². The molecule has 0 saturated carbocycles. The maximum absolute atomic E-state index is 11.7. The fraction of sp³-hybridized carbons (Fsp3) is 0.833. The molecule has 1 saturated heterocycles. The van der Waals surface area contributed by atoms with Crippen LogP contribution in [-0.2, 0) is 9.59 Å². The summed E-state index contributed by atoms with van der Waals surface area (Å²) in [6, 6.07) is 0. The molecule has 2 N–H and O–H groups in total. The molecule has 1 aliphatic rings. The van der Waals surface area contributed by atoms with Crippen molar-refractivity contribution in [3.05, 3.63) is 0 Å². The zero-order chi connectivity index (χ0) is 12.5. The smallest absolute Gasteiger partial charge is 0.303 e. The SMILES string of the molecule is O=C(O)CCCNCCC(=O)N1CCCCC1. The molecule has 0 spiro atoms. The van der Waals surface area contributed by atoms with Crippen LogP contribution in [0.15, 0.2) is 0 Å². The molecular weight excluding hydrogens is 220 g/mol. The highest BCUT2D eigenvalue weighted by atomic mass is 16.4. The minimum Gasteiger partial charge on any atom is -0.481 e. The number of aliphatic carboxylic acids is 1. The van der Waals surface area contributed by atoms with Crippen LogP contribution in [0.3, 0.4) is 0 Å². The molecule has 17 heavy (non-hydrogen) atoms. The fourth-order valence-corrected chi connectivity index (χ4v) is 1.99. The van der Waals surface area contributed by atoms with Crippen LogP contribution >= 0.6 is 0 Å². The van der Waals surface area contributed by atoms with E-state index in [4.69, 9.17) is 5.11 Å². The number of carboxylic acids is 1. The van der Waals surface area contributed by atoms with E-state index in [2.05, 4.69) is 5.32 Å². The van der Waals surface area contributed by atoms with Gasteiger partial charge in [0.25, 0.3) is 0 Å². The number of amides is 1. The largest absolute Gasteiger partial charge is 0.481 e. The third kappa shape index (κ3) is 6.26. The number of hydrogen-bond donors (Lipinski definition) is 2. The van der Waals surface area contributed by atoms with Crippen LogP contribution in [-0.4, -0.2) is 48.1 Å². The summed E-state index contributed by atoms with van der Waals surface area (Å²) in [6.07, 6.45) is 4.81. The van der Waals surface area contributed by atoms with Crippen molar-refractivity contribution in [3.8, 4) is 0 Å². The molecule has 0 unspecified atom stereocenters. The van der Waals surface area contributed by atoms with Gasteiger partial charge in [-0.25, -0.2) is 0 Å². The third-order valence-corrected chi connectivity index (χ3v) is 2.97. The van der Waals surface area contributed by atoms with Crippen molar-refractivity contribution in [2.24, 2.45) is 0 Å². The highest BCUT2D eigenvalue weighted by molar-refractivity contribution is 5.76. The second kappa shape index (κ2) is 8.06. The van der Waals surface area contributed by atoms with E-state index in [0.717, 1.165) is 25.9 Å². The molecule has 98 valence electrons. The zero-order valence-electron chi connectivity index (χ0n) is 10.3. The number of likely N-dealkylation sites (tertiary alicyclic amines) is 1. The molecule has 0 atom stereocenters. The predicted molar refractivity (Wildman–Crippen MR) is 64.8 cm³/mol. The molecule has 1 rings (SSSR count). The molecule has 0 aromatic heterocycles. The van der Waals surface area contributed by atoms with E-state index in [1.807, 2.05) is 4.90 Å². The molecule has 1 heterocycles. The third-order valence-electron chi connectivity index (χ3n) is 2.97. The molecule has 1 aliphatic heterocycles. The van der Waals surface area contributed by atoms with E-state index in [0.29, 0.717) is 25.9 Å². The quantitative estimate of drug-likeness (QED) is 0.649. The number of carbonyl (C=O) groups excluding carboxylic acids is 1. The Morgan fingerprint density at radius 2 is 1.76 bits per heavy atom. The van der Waals surface area contributed by atoms with Crippen LogP contribution in [0.2, 0.25) is 0 Å². The predicted octanol–water partition coefficient (Wildman–Crippen LogP) is 0.843. The Hall–Kier alpha value is -1.10. The van der Waals surface area contributed by atoms with Crippen LogP contribution < -0.4 is 5.32 Å². The lowest BCUT2D eigenvalue weighted by molar-refractivity contribution is -0.137. The van der Waals surface area contributed by atoms with Crippen molar-refractivity contribution in [1.82, 2.24) is 10.2 Å². The summed E-state index contributed by atoms with van der Waals surface area (Å²) >= 11 is 0. The second-order valence-corrected chi connectivity index (χ2v) is 4.44. The minimum absolute atomic E-state index is 0.188. The first-order valence-corrected chi connectivity index (χ1v) is 6.40. The molecule has 0 radical (unpaired) electrons. The average molecular weight is 242 g/mol. The summed E-state index contributed by atoms with van der Waals surface area (Å²) in [4.78, 5) is 23.9. The summed E-state index contributed by atoms with van der Waals surface area (Å²) < 4.78 is 0. The standard InChI is InChI=1S/C12H22N2O3/c15-11(14-9-2-1-3-10-14)6-8-13-7-4-5-12(16)17/h13H,1-10H2,(H,16,17). The Kier molecular flexibility index (Phi) is 6.62. The molecule has 0 aliphatic carbocycles. The van der Waals surface area contributed by atoms with E-state index < -0.39 is 5.97 Å². The van der Waals surface area contributed by atoms with E-state index in [1.54, 1.807) is 0 Å². The molecule has 5 nitrogen and oxygen atoms in total. The number of carbonyl (C=O) groups is 2. The summed E-state index contributed by atoms with van der Waals surface area (Å²) in [7, 11) is 0. The maximum atomic E-state index is 11.7. The first-order valence-electron chi connectivity index (χ1n) is 6.40. The van der Waals surface area contributed by atoms with Gasteiger partial charge in [-0.1, -0.05) is 0 Å². The molecule has 0 aromatic rings. The Morgan fingerprint density at radius 1 is 1.06 bits per heavy atom. The number of rotatable bonds is 7. The van der Waals surface area contributed by atoms with Gasteiger partial charge in [-0.15, -0.1) is 0 Å². The van der Waals surface area contributed by atoms with Gasteiger partial charge in [0.1, 0.15) is 0 Å². The summed E-state index contributed by atoms with van der Waals surface area (Å²) in [5.41, 5.74) is 0. The van der Waals surface area contributed by atoms with E-state index in [1.165, 1.54) is 6.42 Å². The van der Waals surface area contributed by atoms with E-state index in [-0.39, 0.29) is 12.3 Å². The van der Waals surface area contributed by atoms with Gasteiger partial charge in [0, 0.05) is 32.5 Å². The van der Waals surface area contributed by atoms with Crippen molar-refractivity contribution in [1.29, 1.82) is 0 Å². The van der Waals surface area contributed by atoms with Crippen molar-refractivity contribution in [3.63, 3.8) is 0 Å². The monoisotopic (exact) mass is 242 g/mol. The van der Waals surface area contributed by atoms with Crippen LogP contribution in [0.1, 0.15) is 38.5 Å². The van der Waals surface area contributed by atoms with Gasteiger partial charge < -0.3 is 15.3 Å². The highest BCUT2D eigenvalue weighted by Crippen LogP contribution is 2.09. The van der Waals surface area contributed by atoms with Crippen molar-refractivity contribution in [2.75, 3.05) is 26.2 Å². The molecular formula is C12H22N2O3. The van der Waals surface area contributed by atoms with Gasteiger partial charge in [0.05, 0.1) is 0 Å². The zero-order valence-corrected chi connectivity index (χ0v) is 10.3. The second-order valence-electron chi connectivity index (χ2n) is 4.44. The molecule has 5 heteroatoms. The molecule has 0 aromatic carbocycles. The first kappa shape index (κ1) is 14.0. The number of hydrogen-bond acceptors (Lipinski definition) is 3. The highest BCUT2D eigenvalue weighted by Gasteiger charge is 2.15. The molecule has 0 bridgehead atoms. The van der Waals surface area contributed by atoms with Crippen LogP contribution in [0.25, 0.3) is 0 Å². The molecule has 1 amide bonds. The van der Waals surface area contributed by atoms with E-state index in [9.17, 15) is 9.59 Å². The topological polar surface area (TPSA) is 69.6 Å². The Labute approximate surface area is 102 Å². The number of nitrogens with one attached hydrogen (secondary N) is 1. The maximum Gasteiger partial charge on any atom is 0.303 e. The fourth-order valence-electron chi connectivity index (χ4n) is 1.99. The van der Waals surface area contributed by atoms with Gasteiger partial charge in [0.2, 0.25) is 5.91 Å². The van der Waals surface area contributed by atoms with Gasteiger partial charge in [-0.3, -0.25) is 9.59 Å². The van der Waals surface area contributed by atoms with Gasteiger partial charge >= 0.3 is 5.97 Å². The van der Waals surface area contributed by atoms with Gasteiger partial charge in [0.15, 0.2) is 0 Å². The lowest BCUT2D eigenvalue weighted by Gasteiger charge is -2.26. The first-order chi connectivity index (χ1) is 8.20. The Bertz CT molecular complexity index is 250. The van der Waals surface area contributed by atoms with Crippen molar-refractivity contribution in [2.45, 2.75) is 38.5 Å². The lowest BCUT2D eigenvalue weighted by Crippen LogP contribution is -2.37. The van der Waals surface area contributed by atoms with Crippen LogP contribution in [0.4, 0.5) is 0 Å². The summed E-state index contributed by atoms with van der Waals surface area (Å²) in [6.45, 7) is 3.12. The Balaban J connectivity index is 1.98. The van der Waals surface area contributed by atoms with E-state index >= 15 is 0 Å². The Morgan fingerprint density at radius 3 is 2.41 bits per heavy atom. The summed E-state index contributed by atoms with van der Waals surface area (Å²) in [5, 5.41) is 11.5. The number of nitrogens with zero attached hydrogens (tertiary/aromatic N) is 1. The van der Waals surface area contributed by atoms with Crippen LogP contribution in [0.5, 0.6) is 0 Å². The summed E-state index contributed by atoms with van der Waals surface area (Å²) in [5.74, 6) is -0.549. The lowest BCUT2D eigenvalue weighted by atomic mass is 10.1. The number of piperidine rings is 1. The van der Waals surface area contributed by atoms with Gasteiger partial charge in [-0.05, 0) is 32.2 Å². The van der Waals surface area contributed by atoms with Gasteiger partial charge in [-0.2, -0.15) is 0 Å². The van der Waals surface area contributed by atoms with Crippen molar-refractivity contribution >= 4 is 11.9 Å². The number of carboxylic acid groups (broad SMARTS) is 1. The normalized spacial score (nSPS) is 15.9. The minimum atomic E-state index is -0.767. The van der Waals surface area contributed by atoms with Crippen molar-refractivity contribution < 1.29 is 14.7 Å².